The lowest BCUT2D eigenvalue weighted by atomic mass is 9.98. The first-order valence-corrected chi connectivity index (χ1v) is 23.8. The zero-order valence-corrected chi connectivity index (χ0v) is 40.9. The van der Waals surface area contributed by atoms with E-state index in [9.17, 15) is 33.9 Å². The van der Waals surface area contributed by atoms with Crippen LogP contribution in [0.1, 0.15) is 56.2 Å². The number of hydrogen-bond acceptors (Lipinski definition) is 14. The number of amides is 7. The molecule has 0 heterocycles. The van der Waals surface area contributed by atoms with E-state index in [2.05, 4.69) is 56.2 Å². The molecule has 0 aromatic heterocycles. The first kappa shape index (κ1) is 57.4. The number of anilines is 1. The molecule has 0 unspecified atom stereocenters. The molecule has 9 N–H and O–H groups in total. The van der Waals surface area contributed by atoms with Crippen LogP contribution in [0.2, 0.25) is 0 Å². The highest BCUT2D eigenvalue weighted by Crippen LogP contribution is 2.44. The molecule has 7 amide bonds. The number of rotatable bonds is 35. The van der Waals surface area contributed by atoms with Gasteiger partial charge in [0.2, 0.25) is 23.6 Å². The van der Waals surface area contributed by atoms with Crippen molar-refractivity contribution in [3.8, 4) is 11.1 Å². The number of aliphatic hydroxyl groups is 1. The lowest BCUT2D eigenvalue weighted by Crippen LogP contribution is -2.58. The maximum atomic E-state index is 13.6. The number of urea groups is 1. The summed E-state index contributed by atoms with van der Waals surface area (Å²) >= 11 is 0. The molecular weight excluding hydrogens is 923 g/mol. The summed E-state index contributed by atoms with van der Waals surface area (Å²) in [6.07, 6.45) is -0.0633. The van der Waals surface area contributed by atoms with Crippen LogP contribution in [0.3, 0.4) is 0 Å². The highest BCUT2D eigenvalue weighted by molar-refractivity contribution is 5.99. The maximum Gasteiger partial charge on any atom is 0.407 e. The molecule has 390 valence electrons. The summed E-state index contributed by atoms with van der Waals surface area (Å²) in [5.74, 6) is -2.76. The molecule has 0 bridgehead atoms. The minimum absolute atomic E-state index is 0.000979. The lowest BCUT2D eigenvalue weighted by molar-refractivity contribution is -0.134. The number of benzene rings is 3. The van der Waals surface area contributed by atoms with Gasteiger partial charge in [0.15, 0.2) is 0 Å². The van der Waals surface area contributed by atoms with Crippen molar-refractivity contribution in [1.82, 2.24) is 26.6 Å². The molecule has 0 saturated heterocycles. The van der Waals surface area contributed by atoms with Gasteiger partial charge in [-0.3, -0.25) is 19.2 Å². The number of nitrogens with one attached hydrogen (secondary N) is 6. The number of fused-ring (bicyclic) bond motifs is 3. The van der Waals surface area contributed by atoms with Crippen LogP contribution >= 0.6 is 0 Å². The van der Waals surface area contributed by atoms with Gasteiger partial charge in [0.1, 0.15) is 24.7 Å². The summed E-state index contributed by atoms with van der Waals surface area (Å²) in [5, 5.41) is 25.2. The second kappa shape index (κ2) is 32.6. The fourth-order valence-corrected chi connectivity index (χ4v) is 7.36. The number of hydrogen-bond donors (Lipinski definition) is 8. The van der Waals surface area contributed by atoms with E-state index in [1.165, 1.54) is 18.1 Å². The lowest BCUT2D eigenvalue weighted by Gasteiger charge is -2.27. The Morgan fingerprint density at radius 1 is 0.606 bits per heavy atom. The molecule has 0 radical (unpaired) electrons. The Bertz CT molecular complexity index is 2070. The molecule has 1 aliphatic carbocycles. The number of ether oxygens (including phenoxy) is 7. The van der Waals surface area contributed by atoms with E-state index in [0.29, 0.717) is 77.1 Å². The number of alkyl carbamates (subject to hydrolysis) is 1. The summed E-state index contributed by atoms with van der Waals surface area (Å²) in [6, 6.07) is 18.9. The monoisotopic (exact) mass is 994 g/mol. The van der Waals surface area contributed by atoms with E-state index < -0.39 is 59.8 Å². The smallest absolute Gasteiger partial charge is 0.407 e. The predicted octanol–water partition coefficient (Wildman–Crippen LogP) is 2.33. The van der Waals surface area contributed by atoms with Crippen LogP contribution in [0.4, 0.5) is 15.3 Å². The average molecular weight is 994 g/mol. The molecule has 71 heavy (non-hydrogen) atoms. The van der Waals surface area contributed by atoms with Gasteiger partial charge in [-0.1, -0.05) is 74.5 Å². The molecular formula is C50H71N7O14. The second-order valence-corrected chi connectivity index (χ2v) is 16.7. The van der Waals surface area contributed by atoms with Gasteiger partial charge in [-0.2, -0.15) is 0 Å². The topological polar surface area (TPSA) is 285 Å². The van der Waals surface area contributed by atoms with E-state index >= 15 is 0 Å². The van der Waals surface area contributed by atoms with E-state index in [1.54, 1.807) is 38.1 Å². The SMILES string of the molecule is CC(=O)N[C@@H](COCCOCCOCCOCCOCCOCCNC(=O)OCC1c2ccccc2-c2ccccc21)C(=O)N[C@H](C(=O)N[C@@H](CCCNC(N)=O)C(=O)Nc1ccc(CO)cc1)C(C)C. The largest absolute Gasteiger partial charge is 0.449 e. The number of primary amides is 1. The van der Waals surface area contributed by atoms with E-state index in [1.807, 2.05) is 24.3 Å². The van der Waals surface area contributed by atoms with Crippen LogP contribution in [0, 0.1) is 5.92 Å². The highest BCUT2D eigenvalue weighted by atomic mass is 16.6. The molecule has 0 fully saturated rings. The van der Waals surface area contributed by atoms with Crippen molar-refractivity contribution in [2.75, 3.05) is 104 Å². The molecule has 3 atom stereocenters. The van der Waals surface area contributed by atoms with Crippen molar-refractivity contribution in [3.63, 3.8) is 0 Å². The fourth-order valence-electron chi connectivity index (χ4n) is 7.36. The third kappa shape index (κ3) is 21.4. The van der Waals surface area contributed by atoms with Crippen molar-refractivity contribution in [2.45, 2.75) is 64.3 Å². The van der Waals surface area contributed by atoms with Crippen molar-refractivity contribution >= 4 is 41.4 Å². The van der Waals surface area contributed by atoms with Crippen LogP contribution in [-0.2, 0) is 58.9 Å². The van der Waals surface area contributed by atoms with Gasteiger partial charge in [0.25, 0.3) is 0 Å². The Balaban J connectivity index is 1.000. The molecule has 1 aliphatic rings. The normalized spacial score (nSPS) is 13.0. The molecule has 21 heteroatoms. The predicted molar refractivity (Wildman–Crippen MR) is 262 cm³/mol. The summed E-state index contributed by atoms with van der Waals surface area (Å²) in [5.41, 5.74) is 10.9. The molecule has 4 rings (SSSR count). The second-order valence-electron chi connectivity index (χ2n) is 16.7. The van der Waals surface area contributed by atoms with Crippen LogP contribution in [0.15, 0.2) is 72.8 Å². The molecule has 3 aromatic carbocycles. The van der Waals surface area contributed by atoms with Gasteiger partial charge >= 0.3 is 12.1 Å². The summed E-state index contributed by atoms with van der Waals surface area (Å²) in [4.78, 5) is 75.8. The van der Waals surface area contributed by atoms with Crippen molar-refractivity contribution in [3.05, 3.63) is 89.5 Å². The van der Waals surface area contributed by atoms with Gasteiger partial charge in [0, 0.05) is 31.6 Å². The Hall–Kier alpha value is -6.20. The molecule has 21 nitrogen and oxygen atoms in total. The van der Waals surface area contributed by atoms with Crippen molar-refractivity contribution in [1.29, 1.82) is 0 Å². The molecule has 0 saturated carbocycles. The van der Waals surface area contributed by atoms with Crippen molar-refractivity contribution in [2.24, 2.45) is 11.7 Å². The van der Waals surface area contributed by atoms with Gasteiger partial charge in [-0.15, -0.1) is 0 Å². The Morgan fingerprint density at radius 2 is 1.14 bits per heavy atom. The standard InChI is InChI=1S/C50H71N7O14/c1-34(2)45(48(62)56-43(13-8-18-52-49(51)63)46(60)55-37-16-14-36(31-58)15-17-37)57-47(61)44(54-35(3)59)33-70-30-29-69-28-27-68-26-25-67-24-23-66-22-21-65-20-19-53-50(64)71-32-42-40-11-6-4-9-38(40)39-10-5-7-12-41(39)42/h4-7,9-12,14-17,34,42-45,58H,8,13,18-33H2,1-3H3,(H,53,64)(H,54,59)(H,55,60)(H,56,62)(H,57,61)(H3,51,52,63)/t43-,44-,45-/m0/s1. The van der Waals surface area contributed by atoms with Crippen LogP contribution in [-0.4, -0.2) is 158 Å². The Labute approximate surface area is 414 Å². The first-order chi connectivity index (χ1) is 34.4. The first-order valence-electron chi connectivity index (χ1n) is 23.8. The third-order valence-corrected chi connectivity index (χ3v) is 11.0. The average Bonchev–Trinajstić information content (AvgIpc) is 3.67. The molecule has 0 spiro atoms. The van der Waals surface area contributed by atoms with Crippen molar-refractivity contribution < 1.29 is 67.0 Å². The van der Waals surface area contributed by atoms with Crippen LogP contribution < -0.4 is 37.6 Å². The summed E-state index contributed by atoms with van der Waals surface area (Å²) < 4.78 is 38.8. The summed E-state index contributed by atoms with van der Waals surface area (Å²) in [6.45, 7) is 8.45. The van der Waals surface area contributed by atoms with Gasteiger partial charge < -0.3 is 75.9 Å². The van der Waals surface area contributed by atoms with Gasteiger partial charge in [0.05, 0.1) is 85.9 Å². The Kier molecular flexibility index (Phi) is 26.4. The van der Waals surface area contributed by atoms with Crippen LogP contribution in [0.5, 0.6) is 0 Å². The van der Waals surface area contributed by atoms with Gasteiger partial charge in [-0.25, -0.2) is 9.59 Å². The van der Waals surface area contributed by atoms with Crippen LogP contribution in [0.25, 0.3) is 11.1 Å². The number of aliphatic hydroxyl groups excluding tert-OH is 1. The Morgan fingerprint density at radius 3 is 1.66 bits per heavy atom. The number of nitrogens with two attached hydrogens (primary N) is 1. The highest BCUT2D eigenvalue weighted by Gasteiger charge is 2.32. The quantitative estimate of drug-likeness (QED) is 0.0393. The van der Waals surface area contributed by atoms with E-state index in [0.717, 1.165) is 11.1 Å². The molecule has 0 aliphatic heterocycles. The van der Waals surface area contributed by atoms with Gasteiger partial charge in [-0.05, 0) is 58.7 Å². The third-order valence-electron chi connectivity index (χ3n) is 11.0. The minimum atomic E-state index is -1.14. The zero-order chi connectivity index (χ0) is 51.2. The minimum Gasteiger partial charge on any atom is -0.449 e. The maximum absolute atomic E-state index is 13.6. The number of carbonyl (C=O) groups is 6. The van der Waals surface area contributed by atoms with E-state index in [-0.39, 0.29) is 58.5 Å². The summed E-state index contributed by atoms with van der Waals surface area (Å²) in [7, 11) is 0. The van der Waals surface area contributed by atoms with E-state index in [4.69, 9.17) is 38.9 Å². The number of carbonyl (C=O) groups excluding carboxylic acids is 6. The zero-order valence-electron chi connectivity index (χ0n) is 40.9. The fraction of sp³-hybridized carbons (Fsp3) is 0.520. The molecule has 3 aromatic rings.